The molecule has 0 saturated carbocycles. The third-order valence-electron chi connectivity index (χ3n) is 4.54. The van der Waals surface area contributed by atoms with Crippen LogP contribution in [0.2, 0.25) is 0 Å². The fourth-order valence-corrected chi connectivity index (χ4v) is 2.96. The molecule has 2 N–H and O–H groups in total. The lowest BCUT2D eigenvalue weighted by atomic mass is 9.86. The number of nitrogens with two attached hydrogens (primary N) is 1. The molecular formula is C23H30N2O3. The van der Waals surface area contributed by atoms with Gasteiger partial charge < -0.3 is 15.4 Å². The third kappa shape index (κ3) is 6.72. The van der Waals surface area contributed by atoms with Crippen LogP contribution in [0.1, 0.15) is 38.3 Å². The predicted octanol–water partition coefficient (Wildman–Crippen LogP) is 3.31. The molecule has 0 spiro atoms. The molecule has 0 bridgehead atoms. The lowest BCUT2D eigenvalue weighted by Crippen LogP contribution is -2.38. The Morgan fingerprint density at radius 3 is 2.25 bits per heavy atom. The SMILES string of the molecule is CC(C)(C)c1ccccc1OCC(=O)N(CCC(N)=O)CCc1ccccc1. The molecule has 0 atom stereocenters. The van der Waals surface area contributed by atoms with Gasteiger partial charge in [-0.3, -0.25) is 9.59 Å². The molecule has 28 heavy (non-hydrogen) atoms. The van der Waals surface area contributed by atoms with Crippen molar-refractivity contribution in [3.8, 4) is 5.75 Å². The largest absolute Gasteiger partial charge is 0.483 e. The van der Waals surface area contributed by atoms with E-state index in [1.54, 1.807) is 4.90 Å². The first-order chi connectivity index (χ1) is 13.3. The van der Waals surface area contributed by atoms with Gasteiger partial charge >= 0.3 is 0 Å². The number of primary amides is 1. The Balaban J connectivity index is 2.02. The highest BCUT2D eigenvalue weighted by Gasteiger charge is 2.20. The van der Waals surface area contributed by atoms with E-state index in [4.69, 9.17) is 10.5 Å². The average molecular weight is 383 g/mol. The minimum Gasteiger partial charge on any atom is -0.483 e. The van der Waals surface area contributed by atoms with Crippen molar-refractivity contribution in [1.82, 2.24) is 4.90 Å². The predicted molar refractivity (Wildman–Crippen MR) is 111 cm³/mol. The van der Waals surface area contributed by atoms with Gasteiger partial charge in [0.1, 0.15) is 5.75 Å². The second kappa shape index (κ2) is 9.93. The maximum atomic E-state index is 12.8. The van der Waals surface area contributed by atoms with Crippen LogP contribution in [0.5, 0.6) is 5.75 Å². The third-order valence-corrected chi connectivity index (χ3v) is 4.54. The van der Waals surface area contributed by atoms with Gasteiger partial charge in [0.15, 0.2) is 6.61 Å². The quantitative estimate of drug-likeness (QED) is 0.723. The van der Waals surface area contributed by atoms with Crippen molar-refractivity contribution in [2.75, 3.05) is 19.7 Å². The van der Waals surface area contributed by atoms with Crippen LogP contribution in [0.4, 0.5) is 0 Å². The van der Waals surface area contributed by atoms with Gasteiger partial charge in [-0.1, -0.05) is 69.3 Å². The minimum absolute atomic E-state index is 0.0688. The van der Waals surface area contributed by atoms with Gasteiger partial charge in [0.2, 0.25) is 5.91 Å². The first-order valence-corrected chi connectivity index (χ1v) is 9.59. The lowest BCUT2D eigenvalue weighted by molar-refractivity contribution is -0.133. The van der Waals surface area contributed by atoms with Crippen LogP contribution in [0.3, 0.4) is 0 Å². The summed E-state index contributed by atoms with van der Waals surface area (Å²) in [5.74, 6) is 0.138. The number of para-hydroxylation sites is 1. The smallest absolute Gasteiger partial charge is 0.260 e. The van der Waals surface area contributed by atoms with E-state index < -0.39 is 5.91 Å². The Morgan fingerprint density at radius 1 is 0.964 bits per heavy atom. The van der Waals surface area contributed by atoms with Crippen LogP contribution in [0.25, 0.3) is 0 Å². The number of nitrogens with zero attached hydrogens (tertiary/aromatic N) is 1. The molecule has 0 unspecified atom stereocenters. The van der Waals surface area contributed by atoms with Gasteiger partial charge in [-0.25, -0.2) is 0 Å². The van der Waals surface area contributed by atoms with Crippen LogP contribution in [0, 0.1) is 0 Å². The Kier molecular flexibility index (Phi) is 7.61. The molecule has 0 saturated heterocycles. The van der Waals surface area contributed by atoms with E-state index in [0.29, 0.717) is 25.3 Å². The Labute approximate surface area is 167 Å². The van der Waals surface area contributed by atoms with Crippen molar-refractivity contribution in [3.05, 3.63) is 65.7 Å². The van der Waals surface area contributed by atoms with Gasteiger partial charge in [0, 0.05) is 19.5 Å². The number of ether oxygens (including phenoxy) is 1. The zero-order valence-electron chi connectivity index (χ0n) is 17.0. The second-order valence-electron chi connectivity index (χ2n) is 7.87. The minimum atomic E-state index is -0.420. The molecule has 0 fully saturated rings. The van der Waals surface area contributed by atoms with Crippen LogP contribution in [-0.2, 0) is 21.4 Å². The second-order valence-corrected chi connectivity index (χ2v) is 7.87. The summed E-state index contributed by atoms with van der Waals surface area (Å²) < 4.78 is 5.86. The van der Waals surface area contributed by atoms with Gasteiger partial charge in [-0.2, -0.15) is 0 Å². The number of carbonyl (C=O) groups excluding carboxylic acids is 2. The van der Waals surface area contributed by atoms with E-state index >= 15 is 0 Å². The van der Waals surface area contributed by atoms with Crippen LogP contribution < -0.4 is 10.5 Å². The van der Waals surface area contributed by atoms with Crippen molar-refractivity contribution in [3.63, 3.8) is 0 Å². The van der Waals surface area contributed by atoms with Gasteiger partial charge in [-0.05, 0) is 29.0 Å². The summed E-state index contributed by atoms with van der Waals surface area (Å²) in [4.78, 5) is 25.6. The highest BCUT2D eigenvalue weighted by molar-refractivity contribution is 5.79. The summed E-state index contributed by atoms with van der Waals surface area (Å²) in [6, 6.07) is 17.7. The number of rotatable bonds is 9. The zero-order chi connectivity index (χ0) is 20.6. The van der Waals surface area contributed by atoms with E-state index in [0.717, 1.165) is 11.1 Å². The highest BCUT2D eigenvalue weighted by Crippen LogP contribution is 2.30. The Bertz CT molecular complexity index is 782. The first-order valence-electron chi connectivity index (χ1n) is 9.59. The number of carbonyl (C=O) groups is 2. The monoisotopic (exact) mass is 382 g/mol. The van der Waals surface area contributed by atoms with Crippen molar-refractivity contribution >= 4 is 11.8 Å². The van der Waals surface area contributed by atoms with Gasteiger partial charge in [0.05, 0.1) is 0 Å². The number of benzene rings is 2. The first kappa shape index (κ1) is 21.5. The fourth-order valence-electron chi connectivity index (χ4n) is 2.96. The highest BCUT2D eigenvalue weighted by atomic mass is 16.5. The topological polar surface area (TPSA) is 72.6 Å². The van der Waals surface area contributed by atoms with Crippen molar-refractivity contribution in [2.45, 2.75) is 39.0 Å². The summed E-state index contributed by atoms with van der Waals surface area (Å²) in [7, 11) is 0. The Morgan fingerprint density at radius 2 is 1.61 bits per heavy atom. The van der Waals surface area contributed by atoms with Crippen molar-refractivity contribution in [2.24, 2.45) is 5.73 Å². The number of amides is 2. The number of hydrogen-bond acceptors (Lipinski definition) is 3. The maximum Gasteiger partial charge on any atom is 0.260 e. The van der Waals surface area contributed by atoms with E-state index in [1.165, 1.54) is 0 Å². The molecule has 0 aromatic heterocycles. The van der Waals surface area contributed by atoms with E-state index in [1.807, 2.05) is 54.6 Å². The molecule has 0 radical (unpaired) electrons. The van der Waals surface area contributed by atoms with E-state index in [-0.39, 0.29) is 24.3 Å². The summed E-state index contributed by atoms with van der Waals surface area (Å²) in [5.41, 5.74) is 7.38. The van der Waals surface area contributed by atoms with Crippen LogP contribution in [-0.4, -0.2) is 36.4 Å². The van der Waals surface area contributed by atoms with Crippen LogP contribution >= 0.6 is 0 Å². The van der Waals surface area contributed by atoms with Crippen molar-refractivity contribution < 1.29 is 14.3 Å². The summed E-state index contributed by atoms with van der Waals surface area (Å²) in [6.07, 6.45) is 0.850. The molecule has 2 aromatic rings. The number of hydrogen-bond donors (Lipinski definition) is 1. The molecule has 2 amide bonds. The molecule has 150 valence electrons. The van der Waals surface area contributed by atoms with Crippen molar-refractivity contribution in [1.29, 1.82) is 0 Å². The van der Waals surface area contributed by atoms with E-state index in [2.05, 4.69) is 20.8 Å². The fraction of sp³-hybridized carbons (Fsp3) is 0.391. The van der Waals surface area contributed by atoms with Gasteiger partial charge in [-0.15, -0.1) is 0 Å². The standard InChI is InChI=1S/C23H30N2O3/c1-23(2,3)19-11-7-8-12-20(19)28-17-22(27)25(16-14-21(24)26)15-13-18-9-5-4-6-10-18/h4-12H,13-17H2,1-3H3,(H2,24,26). The van der Waals surface area contributed by atoms with Gasteiger partial charge in [0.25, 0.3) is 5.91 Å². The molecule has 2 rings (SSSR count). The molecule has 0 heterocycles. The molecule has 2 aromatic carbocycles. The maximum absolute atomic E-state index is 12.8. The molecule has 5 heteroatoms. The normalized spacial score (nSPS) is 11.1. The van der Waals surface area contributed by atoms with Crippen LogP contribution in [0.15, 0.2) is 54.6 Å². The van der Waals surface area contributed by atoms with E-state index in [9.17, 15) is 9.59 Å². The lowest BCUT2D eigenvalue weighted by Gasteiger charge is -2.25. The molecule has 0 aliphatic heterocycles. The molecule has 0 aliphatic rings. The summed E-state index contributed by atoms with van der Waals surface area (Å²) >= 11 is 0. The summed E-state index contributed by atoms with van der Waals surface area (Å²) in [5, 5.41) is 0. The average Bonchev–Trinajstić information content (AvgIpc) is 2.66. The summed E-state index contributed by atoms with van der Waals surface area (Å²) in [6.45, 7) is 7.06. The molecular weight excluding hydrogens is 352 g/mol. The molecule has 0 aliphatic carbocycles. The zero-order valence-corrected chi connectivity index (χ0v) is 17.0. The Hall–Kier alpha value is -2.82. The molecule has 5 nitrogen and oxygen atoms in total.